The monoisotopic (exact) mass is 478 g/mol. The summed E-state index contributed by atoms with van der Waals surface area (Å²) in [4.78, 5) is 31.9. The van der Waals surface area contributed by atoms with Gasteiger partial charge in [0.05, 0.1) is 25.3 Å². The van der Waals surface area contributed by atoms with Gasteiger partial charge in [-0.15, -0.1) is 10.2 Å². The van der Waals surface area contributed by atoms with Crippen molar-refractivity contribution in [2.75, 3.05) is 14.2 Å². The molecule has 0 saturated heterocycles. The van der Waals surface area contributed by atoms with Gasteiger partial charge < -0.3 is 14.5 Å². The molecular weight excluding hydrogens is 456 g/mol. The molecule has 0 aliphatic carbocycles. The molecule has 3 aromatic carbocycles. The van der Waals surface area contributed by atoms with Gasteiger partial charge in [0.15, 0.2) is 5.82 Å². The Morgan fingerprint density at radius 3 is 1.94 bits per heavy atom. The highest BCUT2D eigenvalue weighted by molar-refractivity contribution is 5.91. The lowest BCUT2D eigenvalue weighted by Gasteiger charge is -2.11. The van der Waals surface area contributed by atoms with Crippen LogP contribution in [-0.4, -0.2) is 46.3 Å². The molecule has 0 unspecified atom stereocenters. The summed E-state index contributed by atoms with van der Waals surface area (Å²) in [5.41, 5.74) is 5.66. The number of aromatic amines is 1. The van der Waals surface area contributed by atoms with Crippen LogP contribution in [0.15, 0.2) is 79.0 Å². The van der Waals surface area contributed by atoms with E-state index in [9.17, 15) is 9.59 Å². The van der Waals surface area contributed by atoms with Gasteiger partial charge in [0.1, 0.15) is 11.4 Å². The van der Waals surface area contributed by atoms with E-state index in [1.165, 1.54) is 14.2 Å². The first-order chi connectivity index (χ1) is 17.6. The molecule has 2 heterocycles. The average Bonchev–Trinajstić information content (AvgIpc) is 3.35. The van der Waals surface area contributed by atoms with Crippen LogP contribution in [0.3, 0.4) is 0 Å². The van der Waals surface area contributed by atoms with Gasteiger partial charge in [-0.1, -0.05) is 42.5 Å². The summed E-state index contributed by atoms with van der Waals surface area (Å²) in [6.07, 6.45) is 2.45. The zero-order chi connectivity index (χ0) is 25.1. The van der Waals surface area contributed by atoms with E-state index in [2.05, 4.69) is 21.2 Å². The van der Waals surface area contributed by atoms with E-state index < -0.39 is 11.9 Å². The normalized spacial score (nSPS) is 10.8. The van der Waals surface area contributed by atoms with Crippen LogP contribution in [-0.2, 0) is 15.9 Å². The molecule has 5 aromatic rings. The maximum atomic E-state index is 11.9. The van der Waals surface area contributed by atoms with Gasteiger partial charge in [-0.25, -0.2) is 14.6 Å². The first-order valence-corrected chi connectivity index (χ1v) is 11.2. The molecule has 0 spiro atoms. The molecule has 8 nitrogen and oxygen atoms in total. The molecule has 0 bridgehead atoms. The molecule has 0 saturated carbocycles. The Kier molecular flexibility index (Phi) is 6.23. The standard InChI is InChI=1S/C28H22N4O4/c1-35-27(33)19-11-7-17(8-12-19)25-26(18-9-13-20(14-10-18)28(34)36-2)32-31-24(30-25)15-21-16-29-23-6-4-3-5-22(21)23/h3-14,16,29H,15H2,1-2H3. The number of esters is 2. The van der Waals surface area contributed by atoms with E-state index in [1.54, 1.807) is 48.5 Å². The van der Waals surface area contributed by atoms with Crippen molar-refractivity contribution >= 4 is 22.8 Å². The molecule has 0 atom stereocenters. The minimum atomic E-state index is -0.418. The van der Waals surface area contributed by atoms with Gasteiger partial charge in [-0.3, -0.25) is 0 Å². The quantitative estimate of drug-likeness (QED) is 0.348. The van der Waals surface area contributed by atoms with Crippen molar-refractivity contribution in [1.82, 2.24) is 20.2 Å². The first-order valence-electron chi connectivity index (χ1n) is 11.2. The number of rotatable bonds is 6. The highest BCUT2D eigenvalue weighted by Crippen LogP contribution is 2.30. The zero-order valence-corrected chi connectivity index (χ0v) is 19.7. The zero-order valence-electron chi connectivity index (χ0n) is 19.7. The number of ether oxygens (including phenoxy) is 2. The summed E-state index contributed by atoms with van der Waals surface area (Å²) in [5, 5.41) is 10.0. The highest BCUT2D eigenvalue weighted by atomic mass is 16.5. The van der Waals surface area contributed by atoms with Gasteiger partial charge in [-0.05, 0) is 35.9 Å². The van der Waals surface area contributed by atoms with Gasteiger partial charge >= 0.3 is 11.9 Å². The molecule has 36 heavy (non-hydrogen) atoms. The molecular formula is C28H22N4O4. The van der Waals surface area contributed by atoms with Crippen molar-refractivity contribution in [2.24, 2.45) is 0 Å². The number of H-pyrrole nitrogens is 1. The number of para-hydroxylation sites is 1. The fraction of sp³-hybridized carbons (Fsp3) is 0.107. The summed E-state index contributed by atoms with van der Waals surface area (Å²) in [5.74, 6) is -0.277. The minimum absolute atomic E-state index is 0.416. The van der Waals surface area contributed by atoms with E-state index in [0.717, 1.165) is 27.6 Å². The minimum Gasteiger partial charge on any atom is -0.465 e. The van der Waals surface area contributed by atoms with Crippen LogP contribution in [0.4, 0.5) is 0 Å². The van der Waals surface area contributed by atoms with Crippen LogP contribution in [0.5, 0.6) is 0 Å². The number of carbonyl (C=O) groups excluding carboxylic acids is 2. The summed E-state index contributed by atoms with van der Waals surface area (Å²) >= 11 is 0. The fourth-order valence-electron chi connectivity index (χ4n) is 4.04. The lowest BCUT2D eigenvalue weighted by molar-refractivity contribution is 0.0592. The second-order valence-electron chi connectivity index (χ2n) is 8.10. The van der Waals surface area contributed by atoms with E-state index in [4.69, 9.17) is 14.5 Å². The molecule has 0 fully saturated rings. The summed E-state index contributed by atoms with van der Waals surface area (Å²) in [6.45, 7) is 0. The second kappa shape index (κ2) is 9.79. The number of hydrogen-bond acceptors (Lipinski definition) is 7. The third kappa shape index (κ3) is 4.44. The summed E-state index contributed by atoms with van der Waals surface area (Å²) < 4.78 is 9.60. The van der Waals surface area contributed by atoms with Crippen LogP contribution in [0, 0.1) is 0 Å². The van der Waals surface area contributed by atoms with Crippen molar-refractivity contribution in [2.45, 2.75) is 6.42 Å². The predicted molar refractivity (Wildman–Crippen MR) is 134 cm³/mol. The smallest absolute Gasteiger partial charge is 0.337 e. The number of methoxy groups -OCH3 is 2. The number of nitrogens with zero attached hydrogens (tertiary/aromatic N) is 3. The molecule has 8 heteroatoms. The molecule has 0 radical (unpaired) electrons. The van der Waals surface area contributed by atoms with E-state index in [1.807, 2.05) is 24.4 Å². The molecule has 0 aliphatic rings. The molecule has 2 aromatic heterocycles. The molecule has 0 amide bonds. The summed E-state index contributed by atoms with van der Waals surface area (Å²) in [7, 11) is 2.69. The maximum absolute atomic E-state index is 11.9. The Balaban J connectivity index is 1.57. The van der Waals surface area contributed by atoms with E-state index in [-0.39, 0.29) is 0 Å². The van der Waals surface area contributed by atoms with Gasteiger partial charge in [0, 0.05) is 34.6 Å². The highest BCUT2D eigenvalue weighted by Gasteiger charge is 2.17. The van der Waals surface area contributed by atoms with Crippen LogP contribution < -0.4 is 0 Å². The lowest BCUT2D eigenvalue weighted by atomic mass is 10.0. The number of carbonyl (C=O) groups is 2. The lowest BCUT2D eigenvalue weighted by Crippen LogP contribution is -2.05. The van der Waals surface area contributed by atoms with Crippen molar-refractivity contribution in [3.63, 3.8) is 0 Å². The molecule has 178 valence electrons. The third-order valence-electron chi connectivity index (χ3n) is 5.91. The summed E-state index contributed by atoms with van der Waals surface area (Å²) in [6, 6.07) is 21.9. The van der Waals surface area contributed by atoms with Crippen molar-refractivity contribution < 1.29 is 19.1 Å². The number of fused-ring (bicyclic) bond motifs is 1. The Bertz CT molecular complexity index is 1560. The molecule has 1 N–H and O–H groups in total. The second-order valence-corrected chi connectivity index (χ2v) is 8.10. The topological polar surface area (TPSA) is 107 Å². The van der Waals surface area contributed by atoms with Crippen LogP contribution in [0.25, 0.3) is 33.4 Å². The van der Waals surface area contributed by atoms with Crippen LogP contribution >= 0.6 is 0 Å². The molecule has 0 aliphatic heterocycles. The number of nitrogens with one attached hydrogen (secondary N) is 1. The van der Waals surface area contributed by atoms with Crippen LogP contribution in [0.2, 0.25) is 0 Å². The number of benzene rings is 3. The van der Waals surface area contributed by atoms with Crippen molar-refractivity contribution in [1.29, 1.82) is 0 Å². The number of aromatic nitrogens is 4. The predicted octanol–water partition coefficient (Wildman–Crippen LogP) is 4.85. The Labute approximate surface area is 206 Å². The van der Waals surface area contributed by atoms with Crippen LogP contribution in [0.1, 0.15) is 32.1 Å². The SMILES string of the molecule is COC(=O)c1ccc(-c2nnc(Cc3c[nH]c4ccccc34)nc2-c2ccc(C(=O)OC)cc2)cc1. The van der Waals surface area contributed by atoms with E-state index >= 15 is 0 Å². The van der Waals surface area contributed by atoms with Crippen molar-refractivity contribution in [3.05, 3.63) is 102 Å². The Morgan fingerprint density at radius 1 is 0.750 bits per heavy atom. The Morgan fingerprint density at radius 2 is 1.33 bits per heavy atom. The average molecular weight is 479 g/mol. The van der Waals surface area contributed by atoms with E-state index in [0.29, 0.717) is 34.8 Å². The fourth-order valence-corrected chi connectivity index (χ4v) is 4.04. The largest absolute Gasteiger partial charge is 0.465 e. The van der Waals surface area contributed by atoms with Gasteiger partial charge in [0.2, 0.25) is 0 Å². The van der Waals surface area contributed by atoms with Gasteiger partial charge in [-0.2, -0.15) is 0 Å². The Hall–Kier alpha value is -4.85. The maximum Gasteiger partial charge on any atom is 0.337 e. The first kappa shape index (κ1) is 22.9. The number of hydrogen-bond donors (Lipinski definition) is 1. The third-order valence-corrected chi connectivity index (χ3v) is 5.91. The van der Waals surface area contributed by atoms with Crippen molar-refractivity contribution in [3.8, 4) is 22.5 Å². The molecule has 5 rings (SSSR count). The van der Waals surface area contributed by atoms with Gasteiger partial charge in [0.25, 0.3) is 0 Å².